The lowest BCUT2D eigenvalue weighted by molar-refractivity contribution is 0.399. The minimum Gasteiger partial charge on any atom is -0.400 e. The van der Waals surface area contributed by atoms with Gasteiger partial charge in [0.1, 0.15) is 0 Å². The van der Waals surface area contributed by atoms with E-state index in [2.05, 4.69) is 45.0 Å². The zero-order chi connectivity index (χ0) is 12.3. The first-order chi connectivity index (χ1) is 7.22. The first-order valence-corrected chi connectivity index (χ1v) is 5.36. The normalized spacial score (nSPS) is 7.67. The molecule has 1 heteroatoms. The summed E-state index contributed by atoms with van der Waals surface area (Å²) in [5.41, 5.74) is 4.09. The molecule has 0 fully saturated rings. The average Bonchev–Trinajstić information content (AvgIpc) is 2.34. The van der Waals surface area contributed by atoms with E-state index >= 15 is 0 Å². The molecule has 0 aliphatic rings. The van der Waals surface area contributed by atoms with Crippen LogP contribution in [0.4, 0.5) is 0 Å². The number of hydrogen-bond donors (Lipinski definition) is 1. The Kier molecular flexibility index (Phi) is 12.0. The molecule has 1 aromatic rings. The molecule has 0 unspecified atom stereocenters. The van der Waals surface area contributed by atoms with Gasteiger partial charge < -0.3 is 5.11 Å². The van der Waals surface area contributed by atoms with Crippen molar-refractivity contribution < 1.29 is 5.11 Å². The lowest BCUT2D eigenvalue weighted by atomic mass is 10.0. The smallest absolute Gasteiger partial charge is 0.0319 e. The van der Waals surface area contributed by atoms with Crippen LogP contribution in [0.25, 0.3) is 5.57 Å². The van der Waals surface area contributed by atoms with Crippen LogP contribution in [0.5, 0.6) is 0 Å². The van der Waals surface area contributed by atoms with Gasteiger partial charge in [-0.15, -0.1) is 0 Å². The summed E-state index contributed by atoms with van der Waals surface area (Å²) in [6.45, 7) is 10.4. The Morgan fingerprint density at radius 3 is 1.60 bits per heavy atom. The highest BCUT2D eigenvalue weighted by Gasteiger charge is 1.93. The quantitative estimate of drug-likeness (QED) is 0.735. The van der Waals surface area contributed by atoms with Crippen molar-refractivity contribution in [3.8, 4) is 0 Å². The Morgan fingerprint density at radius 1 is 0.867 bits per heavy atom. The zero-order valence-electron chi connectivity index (χ0n) is 10.8. The highest BCUT2D eigenvalue weighted by atomic mass is 16.2. The fourth-order valence-electron chi connectivity index (χ4n) is 0.977. The van der Waals surface area contributed by atoms with E-state index in [1.54, 1.807) is 0 Å². The Bertz CT molecular complexity index is 256. The molecule has 0 bridgehead atoms. The standard InChI is InChI=1S/C11H14.C2H6.CH4O/c1-9(2)10(3)11-7-5-4-6-8-11;2*1-2/h4-8H,1-3H3;1-2H3;2H,1H3. The molecule has 1 rings (SSSR count). The SMILES string of the molecule is CC.CC(C)=C(C)c1ccccc1.CO. The van der Waals surface area contributed by atoms with Crippen LogP contribution >= 0.6 is 0 Å². The second kappa shape index (κ2) is 11.0. The van der Waals surface area contributed by atoms with Gasteiger partial charge in [0.25, 0.3) is 0 Å². The Balaban J connectivity index is 0. The molecule has 0 aliphatic carbocycles. The third-order valence-corrected chi connectivity index (χ3v) is 1.96. The van der Waals surface area contributed by atoms with E-state index < -0.39 is 0 Å². The number of aliphatic hydroxyl groups is 1. The van der Waals surface area contributed by atoms with Crippen LogP contribution in [-0.4, -0.2) is 12.2 Å². The Labute approximate surface area is 94.5 Å². The maximum absolute atomic E-state index is 7.00. The van der Waals surface area contributed by atoms with E-state index in [-0.39, 0.29) is 0 Å². The Morgan fingerprint density at radius 2 is 1.27 bits per heavy atom. The molecule has 0 saturated heterocycles. The zero-order valence-corrected chi connectivity index (χ0v) is 10.8. The van der Waals surface area contributed by atoms with Gasteiger partial charge in [0, 0.05) is 7.11 Å². The highest BCUT2D eigenvalue weighted by Crippen LogP contribution is 2.16. The number of rotatable bonds is 1. The lowest BCUT2D eigenvalue weighted by Crippen LogP contribution is -1.79. The van der Waals surface area contributed by atoms with Crippen molar-refractivity contribution in [3.63, 3.8) is 0 Å². The largest absolute Gasteiger partial charge is 0.400 e. The van der Waals surface area contributed by atoms with E-state index in [4.69, 9.17) is 5.11 Å². The summed E-state index contributed by atoms with van der Waals surface area (Å²) in [7, 11) is 1.00. The second-order valence-corrected chi connectivity index (χ2v) is 2.99. The van der Waals surface area contributed by atoms with Crippen molar-refractivity contribution in [1.82, 2.24) is 0 Å². The fraction of sp³-hybridized carbons (Fsp3) is 0.429. The maximum Gasteiger partial charge on any atom is 0.0319 e. The number of allylic oxidation sites excluding steroid dienone is 2. The molecule has 86 valence electrons. The number of aliphatic hydroxyl groups excluding tert-OH is 1. The average molecular weight is 208 g/mol. The van der Waals surface area contributed by atoms with Gasteiger partial charge in [-0.3, -0.25) is 0 Å². The van der Waals surface area contributed by atoms with Gasteiger partial charge in [-0.25, -0.2) is 0 Å². The molecule has 1 aromatic carbocycles. The van der Waals surface area contributed by atoms with Gasteiger partial charge in [0.05, 0.1) is 0 Å². The molecule has 0 heterocycles. The molecule has 0 atom stereocenters. The molecular weight excluding hydrogens is 184 g/mol. The summed E-state index contributed by atoms with van der Waals surface area (Å²) in [6, 6.07) is 10.5. The van der Waals surface area contributed by atoms with Crippen LogP contribution in [0.1, 0.15) is 40.2 Å². The minimum atomic E-state index is 1.00. The summed E-state index contributed by atoms with van der Waals surface area (Å²) >= 11 is 0. The third kappa shape index (κ3) is 6.92. The molecule has 0 radical (unpaired) electrons. The highest BCUT2D eigenvalue weighted by molar-refractivity contribution is 5.65. The van der Waals surface area contributed by atoms with Crippen molar-refractivity contribution >= 4 is 5.57 Å². The van der Waals surface area contributed by atoms with Gasteiger partial charge in [-0.1, -0.05) is 49.8 Å². The molecular formula is C14H24O. The summed E-state index contributed by atoms with van der Waals surface area (Å²) in [5, 5.41) is 7.00. The molecule has 0 aliphatic heterocycles. The topological polar surface area (TPSA) is 20.2 Å². The van der Waals surface area contributed by atoms with Crippen molar-refractivity contribution in [2.45, 2.75) is 34.6 Å². The molecule has 1 nitrogen and oxygen atoms in total. The molecule has 0 aromatic heterocycles. The van der Waals surface area contributed by atoms with Gasteiger partial charge in [0.2, 0.25) is 0 Å². The van der Waals surface area contributed by atoms with E-state index in [0.717, 1.165) is 7.11 Å². The van der Waals surface area contributed by atoms with Gasteiger partial charge >= 0.3 is 0 Å². The van der Waals surface area contributed by atoms with Crippen LogP contribution in [0.3, 0.4) is 0 Å². The van der Waals surface area contributed by atoms with Gasteiger partial charge in [0.15, 0.2) is 0 Å². The summed E-state index contributed by atoms with van der Waals surface area (Å²) in [4.78, 5) is 0. The molecule has 15 heavy (non-hydrogen) atoms. The predicted octanol–water partition coefficient (Wildman–Crippen LogP) is 4.13. The monoisotopic (exact) mass is 208 g/mol. The lowest BCUT2D eigenvalue weighted by Gasteiger charge is -2.02. The van der Waals surface area contributed by atoms with E-state index in [0.29, 0.717) is 0 Å². The van der Waals surface area contributed by atoms with E-state index in [1.165, 1.54) is 16.7 Å². The van der Waals surface area contributed by atoms with E-state index in [1.807, 2.05) is 19.9 Å². The van der Waals surface area contributed by atoms with Crippen LogP contribution in [0.2, 0.25) is 0 Å². The molecule has 0 spiro atoms. The third-order valence-electron chi connectivity index (χ3n) is 1.96. The summed E-state index contributed by atoms with van der Waals surface area (Å²) in [5.74, 6) is 0. The first-order valence-electron chi connectivity index (χ1n) is 5.36. The Hall–Kier alpha value is -1.08. The first kappa shape index (κ1) is 16.4. The second-order valence-electron chi connectivity index (χ2n) is 2.99. The minimum absolute atomic E-state index is 1.00. The molecule has 1 N–H and O–H groups in total. The number of benzene rings is 1. The molecule has 0 amide bonds. The van der Waals surface area contributed by atoms with Crippen molar-refractivity contribution in [2.24, 2.45) is 0 Å². The summed E-state index contributed by atoms with van der Waals surface area (Å²) in [6.07, 6.45) is 0. The van der Waals surface area contributed by atoms with Crippen LogP contribution in [0, 0.1) is 0 Å². The molecule has 0 saturated carbocycles. The van der Waals surface area contributed by atoms with Crippen molar-refractivity contribution in [1.29, 1.82) is 0 Å². The van der Waals surface area contributed by atoms with E-state index in [9.17, 15) is 0 Å². The maximum atomic E-state index is 7.00. The fourth-order valence-corrected chi connectivity index (χ4v) is 0.977. The van der Waals surface area contributed by atoms with Crippen LogP contribution in [-0.2, 0) is 0 Å². The van der Waals surface area contributed by atoms with Gasteiger partial charge in [-0.2, -0.15) is 0 Å². The van der Waals surface area contributed by atoms with Crippen LogP contribution < -0.4 is 0 Å². The summed E-state index contributed by atoms with van der Waals surface area (Å²) < 4.78 is 0. The predicted molar refractivity (Wildman–Crippen MR) is 69.9 cm³/mol. The van der Waals surface area contributed by atoms with Gasteiger partial charge in [-0.05, 0) is 31.9 Å². The number of hydrogen-bond acceptors (Lipinski definition) is 1. The van der Waals surface area contributed by atoms with Crippen molar-refractivity contribution in [2.75, 3.05) is 7.11 Å². The van der Waals surface area contributed by atoms with Crippen LogP contribution in [0.15, 0.2) is 35.9 Å². The van der Waals surface area contributed by atoms with Crippen molar-refractivity contribution in [3.05, 3.63) is 41.5 Å².